The molecule has 0 saturated heterocycles. The molecule has 252 valence electrons. The van der Waals surface area contributed by atoms with Crippen molar-refractivity contribution in [2.24, 2.45) is 0 Å². The Labute approximate surface area is 321 Å². The third kappa shape index (κ3) is 8.80. The maximum Gasteiger partial charge on any atom is 0.116 e. The molecule has 0 fully saturated rings. The highest BCUT2D eigenvalue weighted by Gasteiger charge is 2.46. The van der Waals surface area contributed by atoms with Crippen LogP contribution in [0.15, 0.2) is 217 Å². The molecule has 0 amide bonds. The lowest BCUT2D eigenvalue weighted by Gasteiger charge is -2.28. The molecule has 0 N–H and O–H groups in total. The second kappa shape index (κ2) is 19.1. The van der Waals surface area contributed by atoms with Crippen LogP contribution in [0.25, 0.3) is 0 Å². The number of allylic oxidation sites excluding steroid dienone is 6. The van der Waals surface area contributed by atoms with Crippen LogP contribution >= 0.6 is 14.5 Å². The Bertz CT molecular complexity index is 1620. The molecular formula is C46H44Br2P2. The van der Waals surface area contributed by atoms with Gasteiger partial charge >= 0.3 is 0 Å². The average molecular weight is 819 g/mol. The molecule has 0 bridgehead atoms. The molecule has 0 nitrogen and oxygen atoms in total. The van der Waals surface area contributed by atoms with E-state index >= 15 is 0 Å². The van der Waals surface area contributed by atoms with E-state index in [1.54, 1.807) is 0 Å². The average Bonchev–Trinajstić information content (AvgIpc) is 3.17. The summed E-state index contributed by atoms with van der Waals surface area (Å²) in [5.41, 5.74) is 2.75. The zero-order valence-corrected chi connectivity index (χ0v) is 33.7. The third-order valence-corrected chi connectivity index (χ3v) is 18.1. The van der Waals surface area contributed by atoms with Crippen LogP contribution < -0.4 is 65.8 Å². The van der Waals surface area contributed by atoms with Crippen LogP contribution in [0.2, 0.25) is 0 Å². The summed E-state index contributed by atoms with van der Waals surface area (Å²) < 4.78 is 0. The molecule has 0 heterocycles. The Morgan fingerprint density at radius 2 is 0.520 bits per heavy atom. The quantitative estimate of drug-likeness (QED) is 0.131. The van der Waals surface area contributed by atoms with Crippen molar-refractivity contribution >= 4 is 46.4 Å². The maximum absolute atomic E-state index is 2.32. The SMILES string of the molecule is C/C(=C/C=C/C=C(\C)C[P+](c1ccccc1)(c1ccccc1)c1ccccc1)C[P+](c1ccccc1)(c1ccccc1)c1ccccc1.[Br-].[Br-]. The standard InChI is InChI=1S/C46H44P2.2BrH/c1-39(37-47(41-25-9-3-10-26-41,42-27-11-4-12-28-42)43-29-13-5-14-30-43)23-21-22-24-40(2)38-48(44-31-15-6-16-32-44,45-33-17-7-18-34-45)46-35-19-8-20-36-46;;/h3-36H,37-38H2,1-2H3;2*1H/q+2;;/p-2/b22-21+,39-23-,40-24+;;. The fraction of sp³-hybridized carbons (Fsp3) is 0.0870. The summed E-state index contributed by atoms with van der Waals surface area (Å²) in [6, 6.07) is 66.9. The number of hydrogen-bond acceptors (Lipinski definition) is 0. The summed E-state index contributed by atoms with van der Waals surface area (Å²) in [5, 5.41) is 8.49. The Kier molecular flexibility index (Phi) is 15.0. The Hall–Kier alpha value is -3.64. The normalized spacial score (nSPS) is 12.2. The van der Waals surface area contributed by atoms with Gasteiger partial charge in [-0.05, 0) is 97.8 Å². The summed E-state index contributed by atoms with van der Waals surface area (Å²) in [6.45, 7) is 4.59. The van der Waals surface area contributed by atoms with Crippen molar-refractivity contribution in [3.05, 3.63) is 217 Å². The fourth-order valence-electron chi connectivity index (χ4n) is 6.83. The van der Waals surface area contributed by atoms with Gasteiger partial charge in [0, 0.05) is 0 Å². The van der Waals surface area contributed by atoms with Gasteiger partial charge in [-0.25, -0.2) is 0 Å². The maximum atomic E-state index is 2.32. The van der Waals surface area contributed by atoms with Crippen molar-refractivity contribution in [1.29, 1.82) is 0 Å². The van der Waals surface area contributed by atoms with E-state index in [1.807, 2.05) is 0 Å². The smallest absolute Gasteiger partial charge is 0.116 e. The molecule has 50 heavy (non-hydrogen) atoms. The summed E-state index contributed by atoms with van der Waals surface area (Å²) >= 11 is 0. The molecule has 4 heteroatoms. The molecule has 0 aliphatic carbocycles. The first kappa shape index (κ1) is 39.2. The van der Waals surface area contributed by atoms with Gasteiger partial charge in [0.05, 0.1) is 12.3 Å². The summed E-state index contributed by atoms with van der Waals surface area (Å²) in [4.78, 5) is 0. The first-order chi connectivity index (χ1) is 23.6. The van der Waals surface area contributed by atoms with Crippen LogP contribution in [0.3, 0.4) is 0 Å². The second-order valence-electron chi connectivity index (χ2n) is 12.4. The van der Waals surface area contributed by atoms with Crippen LogP contribution in [0.4, 0.5) is 0 Å². The lowest BCUT2D eigenvalue weighted by atomic mass is 10.2. The summed E-state index contributed by atoms with van der Waals surface area (Å²) in [6.07, 6.45) is 11.1. The van der Waals surface area contributed by atoms with E-state index in [4.69, 9.17) is 0 Å². The monoisotopic (exact) mass is 816 g/mol. The largest absolute Gasteiger partial charge is 1.00 e. The van der Waals surface area contributed by atoms with E-state index in [0.29, 0.717) is 0 Å². The van der Waals surface area contributed by atoms with Crippen molar-refractivity contribution in [3.8, 4) is 0 Å². The molecule has 6 aromatic carbocycles. The van der Waals surface area contributed by atoms with Crippen LogP contribution in [0, 0.1) is 0 Å². The van der Waals surface area contributed by atoms with Gasteiger partial charge in [0.15, 0.2) is 0 Å². The van der Waals surface area contributed by atoms with Gasteiger partial charge in [-0.3, -0.25) is 0 Å². The minimum absolute atomic E-state index is 0. The van der Waals surface area contributed by atoms with E-state index in [1.165, 1.54) is 43.0 Å². The third-order valence-electron chi connectivity index (χ3n) is 9.03. The number of hydrogen-bond donors (Lipinski definition) is 0. The van der Waals surface area contributed by atoms with Gasteiger partial charge < -0.3 is 34.0 Å². The molecule has 0 aliphatic heterocycles. The van der Waals surface area contributed by atoms with E-state index in [2.05, 4.69) is 220 Å². The van der Waals surface area contributed by atoms with Gasteiger partial charge in [-0.15, -0.1) is 0 Å². The van der Waals surface area contributed by atoms with Gasteiger partial charge in [-0.1, -0.05) is 133 Å². The van der Waals surface area contributed by atoms with Crippen LogP contribution in [-0.4, -0.2) is 12.3 Å². The molecule has 6 aromatic rings. The van der Waals surface area contributed by atoms with E-state index < -0.39 is 14.5 Å². The van der Waals surface area contributed by atoms with E-state index in [0.717, 1.165) is 12.3 Å². The van der Waals surface area contributed by atoms with Gasteiger partial charge in [-0.2, -0.15) is 0 Å². The number of halogens is 2. The molecule has 0 aromatic heterocycles. The van der Waals surface area contributed by atoms with Crippen molar-refractivity contribution < 1.29 is 34.0 Å². The summed E-state index contributed by atoms with van der Waals surface area (Å²) in [7, 11) is -3.84. The minimum Gasteiger partial charge on any atom is -1.00 e. The molecular weight excluding hydrogens is 774 g/mol. The molecule has 0 atom stereocenters. The zero-order valence-electron chi connectivity index (χ0n) is 28.7. The highest BCUT2D eigenvalue weighted by Crippen LogP contribution is 2.57. The Balaban J connectivity index is 0.00000281. The first-order valence-electron chi connectivity index (χ1n) is 16.7. The zero-order chi connectivity index (χ0) is 33.1. The topological polar surface area (TPSA) is 0 Å². The highest BCUT2D eigenvalue weighted by atomic mass is 79.9. The van der Waals surface area contributed by atoms with Crippen molar-refractivity contribution in [2.75, 3.05) is 12.3 Å². The minimum atomic E-state index is -1.92. The Morgan fingerprint density at radius 1 is 0.340 bits per heavy atom. The summed E-state index contributed by atoms with van der Waals surface area (Å²) in [5.74, 6) is 0. The lowest BCUT2D eigenvalue weighted by Crippen LogP contribution is -3.00. The number of rotatable bonds is 12. The van der Waals surface area contributed by atoms with E-state index in [-0.39, 0.29) is 34.0 Å². The molecule has 0 spiro atoms. The highest BCUT2D eigenvalue weighted by molar-refractivity contribution is 7.96. The number of benzene rings is 6. The molecule has 0 saturated carbocycles. The van der Waals surface area contributed by atoms with Crippen LogP contribution in [0.5, 0.6) is 0 Å². The molecule has 0 unspecified atom stereocenters. The van der Waals surface area contributed by atoms with Crippen molar-refractivity contribution in [1.82, 2.24) is 0 Å². The predicted molar refractivity (Wildman–Crippen MR) is 217 cm³/mol. The van der Waals surface area contributed by atoms with Crippen LogP contribution in [0.1, 0.15) is 13.8 Å². The Morgan fingerprint density at radius 3 is 0.700 bits per heavy atom. The van der Waals surface area contributed by atoms with Crippen molar-refractivity contribution in [2.45, 2.75) is 13.8 Å². The first-order valence-corrected chi connectivity index (χ1v) is 20.7. The van der Waals surface area contributed by atoms with Gasteiger partial charge in [0.1, 0.15) is 46.4 Å². The van der Waals surface area contributed by atoms with Crippen LogP contribution in [-0.2, 0) is 0 Å². The molecule has 6 rings (SSSR count). The lowest BCUT2D eigenvalue weighted by molar-refractivity contribution is -0.00100. The van der Waals surface area contributed by atoms with Gasteiger partial charge in [0.2, 0.25) is 0 Å². The molecule has 0 aliphatic rings. The van der Waals surface area contributed by atoms with E-state index in [9.17, 15) is 0 Å². The fourth-order valence-corrected chi connectivity index (χ4v) is 15.5. The second-order valence-corrected chi connectivity index (χ2v) is 19.3. The predicted octanol–water partition coefficient (Wildman–Crippen LogP) is 3.43. The molecule has 0 radical (unpaired) electrons. The van der Waals surface area contributed by atoms with Gasteiger partial charge in [0.25, 0.3) is 0 Å². The van der Waals surface area contributed by atoms with Crippen molar-refractivity contribution in [3.63, 3.8) is 0 Å².